The maximum absolute atomic E-state index is 11.7. The van der Waals surface area contributed by atoms with Crippen LogP contribution in [0.3, 0.4) is 0 Å². The molecule has 0 unspecified atom stereocenters. The quantitative estimate of drug-likeness (QED) is 0.776. The number of ether oxygens (including phenoxy) is 4. The first-order valence-corrected chi connectivity index (χ1v) is 7.28. The Kier molecular flexibility index (Phi) is 6.47. The second kappa shape index (κ2) is 9.02. The Morgan fingerprint density at radius 3 is 2.04 bits per heavy atom. The Morgan fingerprint density at radius 2 is 1.44 bits per heavy atom. The van der Waals surface area contributed by atoms with Gasteiger partial charge in [0.05, 0.1) is 14.2 Å². The molecule has 2 amide bonds. The SMILES string of the molecule is COc1cc(OC)cc(OCC(=O)NNC(=O)Oc2ccccc2)c1. The number of hydrogen-bond donors (Lipinski definition) is 2. The van der Waals surface area contributed by atoms with E-state index < -0.39 is 12.0 Å². The molecule has 0 radical (unpaired) electrons. The Morgan fingerprint density at radius 1 is 0.840 bits per heavy atom. The summed E-state index contributed by atoms with van der Waals surface area (Å²) < 4.78 is 20.5. The molecule has 0 heterocycles. The molecule has 0 bridgehead atoms. The van der Waals surface area contributed by atoms with Gasteiger partial charge in [0.1, 0.15) is 23.0 Å². The minimum absolute atomic E-state index is 0.318. The van der Waals surface area contributed by atoms with Gasteiger partial charge in [0.2, 0.25) is 0 Å². The second-order valence-corrected chi connectivity index (χ2v) is 4.71. The van der Waals surface area contributed by atoms with Crippen LogP contribution in [0.1, 0.15) is 0 Å². The van der Waals surface area contributed by atoms with Gasteiger partial charge >= 0.3 is 6.09 Å². The van der Waals surface area contributed by atoms with Crippen LogP contribution in [0.25, 0.3) is 0 Å². The lowest BCUT2D eigenvalue weighted by atomic mass is 10.3. The van der Waals surface area contributed by atoms with Crippen molar-refractivity contribution in [2.45, 2.75) is 0 Å². The van der Waals surface area contributed by atoms with E-state index in [1.165, 1.54) is 14.2 Å². The van der Waals surface area contributed by atoms with Gasteiger partial charge in [-0.3, -0.25) is 10.2 Å². The summed E-state index contributed by atoms with van der Waals surface area (Å²) in [5.41, 5.74) is 4.30. The number of para-hydroxylation sites is 1. The molecule has 8 heteroatoms. The van der Waals surface area contributed by atoms with Gasteiger partial charge in [-0.1, -0.05) is 18.2 Å². The van der Waals surface area contributed by atoms with Gasteiger partial charge in [-0.05, 0) is 12.1 Å². The molecule has 0 fully saturated rings. The number of hydrazine groups is 1. The van der Waals surface area contributed by atoms with Gasteiger partial charge in [-0.2, -0.15) is 0 Å². The molecule has 2 aromatic carbocycles. The van der Waals surface area contributed by atoms with Crippen LogP contribution in [-0.2, 0) is 4.79 Å². The van der Waals surface area contributed by atoms with E-state index >= 15 is 0 Å². The minimum atomic E-state index is -0.817. The average molecular weight is 346 g/mol. The first kappa shape index (κ1) is 17.9. The predicted octanol–water partition coefficient (Wildman–Crippen LogP) is 1.90. The van der Waals surface area contributed by atoms with Crippen LogP contribution in [0.5, 0.6) is 23.0 Å². The van der Waals surface area contributed by atoms with Gasteiger partial charge in [0.15, 0.2) is 6.61 Å². The summed E-state index contributed by atoms with van der Waals surface area (Å²) in [6.45, 7) is -0.318. The van der Waals surface area contributed by atoms with Gasteiger partial charge in [0, 0.05) is 18.2 Å². The lowest BCUT2D eigenvalue weighted by Gasteiger charge is -2.11. The molecular formula is C17H18N2O6. The number of carbonyl (C=O) groups is 2. The number of carbonyl (C=O) groups excluding carboxylic acids is 2. The zero-order valence-electron chi connectivity index (χ0n) is 13.8. The highest BCUT2D eigenvalue weighted by Gasteiger charge is 2.09. The fraction of sp³-hybridized carbons (Fsp3) is 0.176. The number of hydrogen-bond acceptors (Lipinski definition) is 6. The van der Waals surface area contributed by atoms with Crippen LogP contribution in [-0.4, -0.2) is 32.8 Å². The lowest BCUT2D eigenvalue weighted by Crippen LogP contribution is -2.45. The largest absolute Gasteiger partial charge is 0.496 e. The summed E-state index contributed by atoms with van der Waals surface area (Å²) >= 11 is 0. The smallest absolute Gasteiger partial charge is 0.431 e. The molecule has 0 aliphatic rings. The van der Waals surface area contributed by atoms with Crippen LogP contribution < -0.4 is 29.8 Å². The first-order chi connectivity index (χ1) is 12.1. The predicted molar refractivity (Wildman–Crippen MR) is 88.8 cm³/mol. The summed E-state index contributed by atoms with van der Waals surface area (Å²) in [6.07, 6.45) is -0.817. The van der Waals surface area contributed by atoms with Crippen molar-refractivity contribution in [1.29, 1.82) is 0 Å². The Hall–Kier alpha value is -3.42. The molecule has 2 rings (SSSR count). The number of methoxy groups -OCH3 is 2. The molecule has 0 atom stereocenters. The third-order valence-corrected chi connectivity index (χ3v) is 2.95. The van der Waals surface area contributed by atoms with E-state index in [4.69, 9.17) is 18.9 Å². The van der Waals surface area contributed by atoms with Crippen molar-refractivity contribution in [2.24, 2.45) is 0 Å². The maximum atomic E-state index is 11.7. The van der Waals surface area contributed by atoms with Crippen LogP contribution in [0, 0.1) is 0 Å². The summed E-state index contributed by atoms with van der Waals surface area (Å²) in [7, 11) is 3.01. The minimum Gasteiger partial charge on any atom is -0.496 e. The Labute approximate surface area is 144 Å². The number of benzene rings is 2. The molecule has 0 spiro atoms. The highest BCUT2D eigenvalue weighted by Crippen LogP contribution is 2.27. The standard InChI is InChI=1S/C17H18N2O6/c1-22-13-8-14(23-2)10-15(9-13)24-11-16(20)18-19-17(21)25-12-6-4-3-5-7-12/h3-10H,11H2,1-2H3,(H,18,20)(H,19,21). The van der Waals surface area contributed by atoms with Crippen LogP contribution in [0.4, 0.5) is 4.79 Å². The highest BCUT2D eigenvalue weighted by atomic mass is 16.6. The van der Waals surface area contributed by atoms with E-state index in [0.717, 1.165) is 0 Å². The van der Waals surface area contributed by atoms with Crippen molar-refractivity contribution in [3.05, 3.63) is 48.5 Å². The zero-order chi connectivity index (χ0) is 18.1. The van der Waals surface area contributed by atoms with E-state index in [9.17, 15) is 9.59 Å². The van der Waals surface area contributed by atoms with E-state index in [1.54, 1.807) is 48.5 Å². The first-order valence-electron chi connectivity index (χ1n) is 7.28. The van der Waals surface area contributed by atoms with Crippen LogP contribution in [0.2, 0.25) is 0 Å². The molecule has 0 saturated carbocycles. The van der Waals surface area contributed by atoms with Crippen molar-refractivity contribution in [1.82, 2.24) is 10.9 Å². The normalized spacial score (nSPS) is 9.68. The summed E-state index contributed by atoms with van der Waals surface area (Å²) in [5.74, 6) is 1.23. The van der Waals surface area contributed by atoms with Crippen molar-refractivity contribution in [3.63, 3.8) is 0 Å². The van der Waals surface area contributed by atoms with Gasteiger partial charge in [-0.15, -0.1) is 0 Å². The topological polar surface area (TPSA) is 95.1 Å². The van der Waals surface area contributed by atoms with Crippen molar-refractivity contribution < 1.29 is 28.5 Å². The lowest BCUT2D eigenvalue weighted by molar-refractivity contribution is -0.123. The third-order valence-electron chi connectivity index (χ3n) is 2.95. The van der Waals surface area contributed by atoms with Gasteiger partial charge < -0.3 is 18.9 Å². The van der Waals surface area contributed by atoms with E-state index in [2.05, 4.69) is 10.9 Å². The molecule has 8 nitrogen and oxygen atoms in total. The fourth-order valence-electron chi connectivity index (χ4n) is 1.79. The van der Waals surface area contributed by atoms with Crippen molar-refractivity contribution in [2.75, 3.05) is 20.8 Å². The number of amides is 2. The van der Waals surface area contributed by atoms with Crippen LogP contribution >= 0.6 is 0 Å². The number of rotatable bonds is 6. The van der Waals surface area contributed by atoms with E-state index in [-0.39, 0.29) is 6.61 Å². The maximum Gasteiger partial charge on any atom is 0.431 e. The van der Waals surface area contributed by atoms with Gasteiger partial charge in [0.25, 0.3) is 5.91 Å². The Bertz CT molecular complexity index is 698. The zero-order valence-corrected chi connectivity index (χ0v) is 13.8. The van der Waals surface area contributed by atoms with E-state index in [1.807, 2.05) is 0 Å². The molecule has 2 aromatic rings. The molecule has 0 aliphatic carbocycles. The summed E-state index contributed by atoms with van der Waals surface area (Å²) in [6, 6.07) is 13.3. The molecule has 0 aliphatic heterocycles. The summed E-state index contributed by atoms with van der Waals surface area (Å²) in [4.78, 5) is 23.2. The molecule has 2 N–H and O–H groups in total. The van der Waals surface area contributed by atoms with Crippen molar-refractivity contribution in [3.8, 4) is 23.0 Å². The van der Waals surface area contributed by atoms with E-state index in [0.29, 0.717) is 23.0 Å². The van der Waals surface area contributed by atoms with Gasteiger partial charge in [-0.25, -0.2) is 10.2 Å². The number of nitrogens with one attached hydrogen (secondary N) is 2. The second-order valence-electron chi connectivity index (χ2n) is 4.71. The van der Waals surface area contributed by atoms with Crippen LogP contribution in [0.15, 0.2) is 48.5 Å². The molecule has 0 saturated heterocycles. The third kappa shape index (κ3) is 5.94. The molecule has 132 valence electrons. The average Bonchev–Trinajstić information content (AvgIpc) is 2.65. The molecule has 25 heavy (non-hydrogen) atoms. The fourth-order valence-corrected chi connectivity index (χ4v) is 1.79. The molecular weight excluding hydrogens is 328 g/mol. The summed E-state index contributed by atoms with van der Waals surface area (Å²) in [5, 5.41) is 0. The van der Waals surface area contributed by atoms with Crippen molar-refractivity contribution >= 4 is 12.0 Å². The Balaban J connectivity index is 1.78. The monoisotopic (exact) mass is 346 g/mol. The molecule has 0 aromatic heterocycles. The highest BCUT2D eigenvalue weighted by molar-refractivity contribution is 5.80.